The summed E-state index contributed by atoms with van der Waals surface area (Å²) in [5.41, 5.74) is 0.706. The molecule has 1 amide bonds. The Hall–Kier alpha value is -2.78. The van der Waals surface area contributed by atoms with E-state index >= 15 is 0 Å². The first-order valence-corrected chi connectivity index (χ1v) is 20.0. The van der Waals surface area contributed by atoms with Crippen LogP contribution in [-0.2, 0) is 42.9 Å². The molecule has 3 N–H and O–H groups in total. The van der Waals surface area contributed by atoms with Crippen molar-refractivity contribution < 1.29 is 67.8 Å². The van der Waals surface area contributed by atoms with Crippen molar-refractivity contribution >= 4 is 23.4 Å². The molecule has 14 atom stereocenters. The molecule has 0 aromatic rings. The number of ether oxygens (including phenoxy) is 5. The van der Waals surface area contributed by atoms with E-state index in [4.69, 9.17) is 31.9 Å². The lowest BCUT2D eigenvalue weighted by molar-refractivity contribution is -0.302. The van der Waals surface area contributed by atoms with E-state index in [0.29, 0.717) is 25.7 Å². The van der Waals surface area contributed by atoms with Crippen molar-refractivity contribution in [3.63, 3.8) is 0 Å². The Kier molecular flexibility index (Phi) is 13.7. The topological polar surface area (TPSA) is 178 Å². The van der Waals surface area contributed by atoms with Crippen molar-refractivity contribution in [3.05, 3.63) is 36.0 Å². The third-order valence-electron chi connectivity index (χ3n) is 11.9. The zero-order valence-electron chi connectivity index (χ0n) is 41.7. The first-order chi connectivity index (χ1) is 29.5. The van der Waals surface area contributed by atoms with E-state index in [0.717, 1.165) is 23.7 Å². The number of hydrogen-bond acceptors (Lipinski definition) is 12. The number of hydrogen-bond donors (Lipinski definition) is 3. The third kappa shape index (κ3) is 11.3. The lowest BCUT2D eigenvalue weighted by atomic mass is 9.81. The van der Waals surface area contributed by atoms with Crippen molar-refractivity contribution in [1.29, 1.82) is 0 Å². The molecule has 0 aromatic heterocycles. The van der Waals surface area contributed by atoms with Crippen molar-refractivity contribution in [2.75, 3.05) is 27.9 Å². The van der Waals surface area contributed by atoms with E-state index in [1.165, 1.54) is 28.1 Å². The molecule has 322 valence electrons. The second-order valence-corrected chi connectivity index (χ2v) is 16.3. The molecular formula is C44H69NO12. The van der Waals surface area contributed by atoms with Crippen molar-refractivity contribution in [2.24, 2.45) is 29.6 Å². The van der Waals surface area contributed by atoms with Gasteiger partial charge in [0, 0.05) is 58.9 Å². The first-order valence-electron chi connectivity index (χ1n) is 23.5. The molecule has 57 heavy (non-hydrogen) atoms. The van der Waals surface area contributed by atoms with Crippen LogP contribution in [0.15, 0.2) is 36.0 Å². The summed E-state index contributed by atoms with van der Waals surface area (Å²) in [7, 11) is 3.85. The maximum absolute atomic E-state index is 14.5. The zero-order valence-corrected chi connectivity index (χ0v) is 34.7. The van der Waals surface area contributed by atoms with Crippen LogP contribution in [0.4, 0.5) is 0 Å². The third-order valence-corrected chi connectivity index (χ3v) is 11.9. The van der Waals surface area contributed by atoms with Gasteiger partial charge in [0.2, 0.25) is 5.79 Å². The van der Waals surface area contributed by atoms with Crippen LogP contribution in [0.25, 0.3) is 0 Å². The van der Waals surface area contributed by atoms with Crippen molar-refractivity contribution in [3.8, 4) is 0 Å². The Morgan fingerprint density at radius 3 is 2.37 bits per heavy atom. The highest BCUT2D eigenvalue weighted by molar-refractivity contribution is 6.39. The van der Waals surface area contributed by atoms with E-state index in [9.17, 15) is 35.9 Å². The first kappa shape index (κ1) is 37.2. The SMILES string of the molecule is [2H]C1([2H])C([2H])([2H])[C@@]([2H])(O)[C@]([2H])(OC)C[C@]1([2H])/C=C(\C)[C@H]1OC(=O)C2CCCCN2C(=O)C(=O)[C@]2(O)O[C@H]([C@@H](OC)C[C@@H](C)C/C(C)=C/[C@@H](CC=C)C(=O)C[C@H](O)[C@H]1C)[C@@H](OC)C[C@H]2C. The summed E-state index contributed by atoms with van der Waals surface area (Å²) in [6, 6.07) is -1.42. The fourth-order valence-electron chi connectivity index (χ4n) is 8.53. The molecule has 2 bridgehead atoms. The van der Waals surface area contributed by atoms with Crippen LogP contribution < -0.4 is 0 Å². The normalized spacial score (nSPS) is 48.4. The number of piperidine rings is 1. The average Bonchev–Trinajstić information content (AvgIpc) is 3.23. The van der Waals surface area contributed by atoms with Gasteiger partial charge in [-0.1, -0.05) is 44.6 Å². The Morgan fingerprint density at radius 2 is 1.72 bits per heavy atom. The fourth-order valence-corrected chi connectivity index (χ4v) is 8.53. The number of ketones is 2. The smallest absolute Gasteiger partial charge is 0.329 e. The number of methoxy groups -OCH3 is 3. The summed E-state index contributed by atoms with van der Waals surface area (Å²) < 4.78 is 90.0. The number of fused-ring (bicyclic) bond motifs is 3. The van der Waals surface area contributed by atoms with E-state index in [-0.39, 0.29) is 43.1 Å². The summed E-state index contributed by atoms with van der Waals surface area (Å²) in [4.78, 5) is 58.1. The molecule has 13 heteroatoms. The number of allylic oxidation sites excluding steroid dienone is 4. The predicted octanol–water partition coefficient (Wildman–Crippen LogP) is 4.64. The predicted molar refractivity (Wildman–Crippen MR) is 213 cm³/mol. The molecule has 3 fully saturated rings. The van der Waals surface area contributed by atoms with Crippen LogP contribution in [0.3, 0.4) is 0 Å². The molecule has 4 rings (SSSR count). The van der Waals surface area contributed by atoms with Gasteiger partial charge in [0.25, 0.3) is 11.7 Å². The van der Waals surface area contributed by atoms with Gasteiger partial charge in [0.05, 0.1) is 33.2 Å². The molecule has 1 saturated carbocycles. The molecule has 13 nitrogen and oxygen atoms in total. The highest BCUT2D eigenvalue weighted by Gasteiger charge is 2.56. The monoisotopic (exact) mass is 811 g/mol. The summed E-state index contributed by atoms with van der Waals surface area (Å²) in [6.07, 6.45) is -14.1. The van der Waals surface area contributed by atoms with Crippen LogP contribution >= 0.6 is 0 Å². The number of nitrogens with zero attached hydrogens (tertiary/aromatic N) is 1. The molecule has 3 aliphatic heterocycles. The van der Waals surface area contributed by atoms with Gasteiger partial charge in [0.15, 0.2) is 0 Å². The Labute approximate surface area is 349 Å². The van der Waals surface area contributed by atoms with Gasteiger partial charge in [-0.3, -0.25) is 14.4 Å². The number of carbonyl (C=O) groups is 4. The number of amides is 1. The molecule has 3 heterocycles. The van der Waals surface area contributed by atoms with Gasteiger partial charge in [-0.05, 0) is 95.3 Å². The molecule has 0 spiro atoms. The van der Waals surface area contributed by atoms with E-state index < -0.39 is 121 Å². The number of Topliss-reactive ketones (excluding diaryl/α,β-unsaturated/α-hetero) is 2. The van der Waals surface area contributed by atoms with Gasteiger partial charge < -0.3 is 43.9 Å². The minimum Gasteiger partial charge on any atom is -0.456 e. The number of rotatable bonds is 7. The number of aliphatic hydroxyl groups is 3. The van der Waals surface area contributed by atoms with Gasteiger partial charge in [-0.25, -0.2) is 4.79 Å². The maximum Gasteiger partial charge on any atom is 0.329 e. The lowest BCUT2D eigenvalue weighted by Crippen LogP contribution is -2.64. The quantitative estimate of drug-likeness (QED) is 0.185. The number of esters is 1. The van der Waals surface area contributed by atoms with Crippen molar-refractivity contribution in [1.82, 2.24) is 4.90 Å². The highest BCUT2D eigenvalue weighted by atomic mass is 16.7. The van der Waals surface area contributed by atoms with Crippen LogP contribution in [0.2, 0.25) is 0 Å². The van der Waals surface area contributed by atoms with Gasteiger partial charge in [-0.15, -0.1) is 6.58 Å². The van der Waals surface area contributed by atoms with Gasteiger partial charge in [-0.2, -0.15) is 0 Å². The summed E-state index contributed by atoms with van der Waals surface area (Å²) in [5.74, 6) is -12.4. The second-order valence-electron chi connectivity index (χ2n) is 16.3. The number of aliphatic hydroxyl groups excluding tert-OH is 1. The Balaban J connectivity index is 1.89. The van der Waals surface area contributed by atoms with E-state index in [2.05, 4.69) is 6.58 Å². The summed E-state index contributed by atoms with van der Waals surface area (Å²) in [6.45, 7) is 11.9. The average molecular weight is 811 g/mol. The van der Waals surface area contributed by atoms with Gasteiger partial charge in [0.1, 0.15) is 24.0 Å². The molecule has 2 saturated heterocycles. The molecule has 4 aliphatic rings. The Bertz CT molecular complexity index is 1810. The summed E-state index contributed by atoms with van der Waals surface area (Å²) >= 11 is 0. The number of cyclic esters (lactones) is 1. The van der Waals surface area contributed by atoms with Gasteiger partial charge >= 0.3 is 5.97 Å². The molecule has 1 unspecified atom stereocenters. The Morgan fingerprint density at radius 1 is 1.04 bits per heavy atom. The highest BCUT2D eigenvalue weighted by Crippen LogP contribution is 2.39. The zero-order chi connectivity index (χ0) is 48.5. The summed E-state index contributed by atoms with van der Waals surface area (Å²) in [5, 5.41) is 34.8. The van der Waals surface area contributed by atoms with Crippen molar-refractivity contribution in [2.45, 2.75) is 160 Å². The number of carbonyl (C=O) groups excluding carboxylic acids is 4. The minimum atomic E-state index is -3.59. The fraction of sp³-hybridized carbons (Fsp3) is 0.773. The minimum absolute atomic E-state index is 0.00689. The lowest BCUT2D eigenvalue weighted by Gasteiger charge is -2.47. The van der Waals surface area contributed by atoms with E-state index in [1.807, 2.05) is 13.8 Å². The molecular weight excluding hydrogens is 734 g/mol. The molecule has 0 radical (unpaired) electrons. The maximum atomic E-state index is 14.5. The standard InChI is InChI=1S/C44H69NO12/c1-10-13-31-19-25(2)18-26(3)20-37(54-8)40-38(55-9)22-28(5)44(52,57-40)41(49)42(50)45-17-12-11-14-32(45)43(51)56-39(29(6)34(47)24-35(31)48)27(4)21-30-15-16-33(46)36(23-30)53-7/h10,19,21,26,28-34,36-40,46-47,52H,1,11-18,20,22-24H2,2-9H3/b25-19+,27-21+/t26-,28+,29+,30-,31+,32?,33+,34-,36+,37-,38-,39+,40+,44+/m0/s1/i15D2,16D2,30D,33D,36D. The van der Waals surface area contributed by atoms with Crippen LogP contribution in [0.5, 0.6) is 0 Å². The van der Waals surface area contributed by atoms with Crippen LogP contribution in [-0.4, -0.2) is 126 Å². The largest absolute Gasteiger partial charge is 0.456 e. The van der Waals surface area contributed by atoms with Crippen LogP contribution in [0, 0.1) is 29.6 Å². The molecule has 1 aliphatic carbocycles. The molecule has 0 aromatic carbocycles. The van der Waals surface area contributed by atoms with E-state index in [1.54, 1.807) is 19.1 Å². The second kappa shape index (κ2) is 21.0. The van der Waals surface area contributed by atoms with Crippen LogP contribution in [0.1, 0.15) is 115 Å².